The molecule has 0 fully saturated rings. The minimum atomic E-state index is 1.10. The summed E-state index contributed by atoms with van der Waals surface area (Å²) in [5, 5.41) is 0. The fourth-order valence-corrected chi connectivity index (χ4v) is 0.685. The van der Waals surface area contributed by atoms with E-state index in [1.807, 2.05) is 13.8 Å². The third-order valence-corrected chi connectivity index (χ3v) is 1.18. The highest BCUT2D eigenvalue weighted by Crippen LogP contribution is 2.03. The topological polar surface area (TPSA) is 0 Å². The number of hydrogen-bond acceptors (Lipinski definition) is 0. The van der Waals surface area contributed by atoms with E-state index in [1.165, 1.54) is 5.57 Å². The third-order valence-electron chi connectivity index (χ3n) is 1.18. The van der Waals surface area contributed by atoms with E-state index in [0.717, 1.165) is 6.42 Å². The maximum absolute atomic E-state index is 2.16. The van der Waals surface area contributed by atoms with Gasteiger partial charge >= 0.3 is 0 Å². The van der Waals surface area contributed by atoms with Gasteiger partial charge in [-0.1, -0.05) is 49.8 Å². The lowest BCUT2D eigenvalue weighted by Crippen LogP contribution is -1.66. The Hall–Kier alpha value is -0.780. The standard InChI is InChI=1S/C8H10.C2H6/c1-8-6-4-2-3-5-7-8;1-2/h2-6H,7H2,1H3;1-2H3. The average Bonchev–Trinajstić information content (AvgIpc) is 2.21. The van der Waals surface area contributed by atoms with Crippen LogP contribution in [0.3, 0.4) is 0 Å². The zero-order valence-corrected chi connectivity index (χ0v) is 7.09. The largest absolute Gasteiger partial charge is 0.0805 e. The summed E-state index contributed by atoms with van der Waals surface area (Å²) in [6, 6.07) is 0. The van der Waals surface area contributed by atoms with Crippen LogP contribution in [0.4, 0.5) is 0 Å². The van der Waals surface area contributed by atoms with Gasteiger partial charge in [0.1, 0.15) is 0 Å². The van der Waals surface area contributed by atoms with Gasteiger partial charge in [0.2, 0.25) is 0 Å². The molecule has 0 nitrogen and oxygen atoms in total. The minimum absolute atomic E-state index is 1.10. The van der Waals surface area contributed by atoms with Gasteiger partial charge in [0.25, 0.3) is 0 Å². The van der Waals surface area contributed by atoms with Crippen LogP contribution in [0.1, 0.15) is 27.2 Å². The highest BCUT2D eigenvalue weighted by atomic mass is 13.9. The average molecular weight is 136 g/mol. The van der Waals surface area contributed by atoms with Crippen molar-refractivity contribution >= 4 is 0 Å². The van der Waals surface area contributed by atoms with Gasteiger partial charge in [0.05, 0.1) is 0 Å². The minimum Gasteiger partial charge on any atom is -0.0805 e. The lowest BCUT2D eigenvalue weighted by Gasteiger charge is -1.86. The molecule has 0 N–H and O–H groups in total. The first-order chi connectivity index (χ1) is 4.89. The molecule has 0 saturated heterocycles. The van der Waals surface area contributed by atoms with Gasteiger partial charge in [-0.3, -0.25) is 0 Å². The first kappa shape index (κ1) is 9.22. The molecule has 0 unspecified atom stereocenters. The lowest BCUT2D eigenvalue weighted by molar-refractivity contribution is 1.22. The molecule has 0 radical (unpaired) electrons. The predicted octanol–water partition coefficient (Wildman–Crippen LogP) is 3.48. The summed E-state index contributed by atoms with van der Waals surface area (Å²) in [6.07, 6.45) is 11.6. The van der Waals surface area contributed by atoms with E-state index < -0.39 is 0 Å². The molecule has 56 valence electrons. The number of hydrogen-bond donors (Lipinski definition) is 0. The van der Waals surface area contributed by atoms with Crippen molar-refractivity contribution in [1.29, 1.82) is 0 Å². The molecule has 0 aromatic carbocycles. The molecule has 0 saturated carbocycles. The van der Waals surface area contributed by atoms with Gasteiger partial charge in [-0.25, -0.2) is 0 Å². The summed E-state index contributed by atoms with van der Waals surface area (Å²) in [5.41, 5.74) is 1.43. The second kappa shape index (κ2) is 6.34. The number of rotatable bonds is 0. The Bertz CT molecular complexity index is 147. The van der Waals surface area contributed by atoms with Crippen LogP contribution in [0.25, 0.3) is 0 Å². The van der Waals surface area contributed by atoms with Crippen LogP contribution in [0.5, 0.6) is 0 Å². The molecule has 1 aliphatic carbocycles. The van der Waals surface area contributed by atoms with Crippen molar-refractivity contribution in [3.8, 4) is 0 Å². The number of allylic oxidation sites excluding steroid dienone is 6. The van der Waals surface area contributed by atoms with Crippen LogP contribution in [0.15, 0.2) is 36.0 Å². The first-order valence-electron chi connectivity index (χ1n) is 3.88. The summed E-state index contributed by atoms with van der Waals surface area (Å²) >= 11 is 0. The molecular formula is C10H16. The molecule has 1 rings (SSSR count). The van der Waals surface area contributed by atoms with Crippen molar-refractivity contribution in [3.05, 3.63) is 36.0 Å². The molecular weight excluding hydrogens is 120 g/mol. The molecule has 10 heavy (non-hydrogen) atoms. The maximum atomic E-state index is 2.16. The molecule has 1 aliphatic rings. The van der Waals surface area contributed by atoms with Gasteiger partial charge < -0.3 is 0 Å². The van der Waals surface area contributed by atoms with E-state index in [-0.39, 0.29) is 0 Å². The fraction of sp³-hybridized carbons (Fsp3) is 0.400. The van der Waals surface area contributed by atoms with E-state index in [4.69, 9.17) is 0 Å². The Morgan fingerprint density at radius 3 is 2.50 bits per heavy atom. The fourth-order valence-electron chi connectivity index (χ4n) is 0.685. The molecule has 0 bridgehead atoms. The maximum Gasteiger partial charge on any atom is -0.0135 e. The zero-order chi connectivity index (χ0) is 7.82. The van der Waals surface area contributed by atoms with Gasteiger partial charge in [0, 0.05) is 0 Å². The van der Waals surface area contributed by atoms with Crippen LogP contribution < -0.4 is 0 Å². The van der Waals surface area contributed by atoms with E-state index in [9.17, 15) is 0 Å². The van der Waals surface area contributed by atoms with Gasteiger partial charge in [-0.05, 0) is 13.3 Å². The third kappa shape index (κ3) is 4.13. The monoisotopic (exact) mass is 136 g/mol. The van der Waals surface area contributed by atoms with Crippen LogP contribution >= 0.6 is 0 Å². The van der Waals surface area contributed by atoms with Crippen molar-refractivity contribution in [2.45, 2.75) is 27.2 Å². The predicted molar refractivity (Wildman–Crippen MR) is 48.0 cm³/mol. The highest BCUT2D eigenvalue weighted by Gasteiger charge is 1.83. The molecule has 0 amide bonds. The molecule has 0 aliphatic heterocycles. The Morgan fingerprint density at radius 2 is 1.80 bits per heavy atom. The molecule has 0 heterocycles. The van der Waals surface area contributed by atoms with E-state index >= 15 is 0 Å². The van der Waals surface area contributed by atoms with Crippen molar-refractivity contribution < 1.29 is 0 Å². The lowest BCUT2D eigenvalue weighted by atomic mass is 10.2. The smallest absolute Gasteiger partial charge is 0.0135 e. The molecule has 0 aromatic rings. The summed E-state index contributed by atoms with van der Waals surface area (Å²) < 4.78 is 0. The second-order valence-corrected chi connectivity index (χ2v) is 2.03. The van der Waals surface area contributed by atoms with Crippen LogP contribution in [-0.4, -0.2) is 0 Å². The first-order valence-corrected chi connectivity index (χ1v) is 3.88. The summed E-state index contributed by atoms with van der Waals surface area (Å²) in [7, 11) is 0. The Kier molecular flexibility index (Phi) is 5.85. The summed E-state index contributed by atoms with van der Waals surface area (Å²) in [6.45, 7) is 6.14. The Balaban J connectivity index is 0.000000371. The van der Waals surface area contributed by atoms with Crippen LogP contribution in [0, 0.1) is 0 Å². The van der Waals surface area contributed by atoms with Crippen molar-refractivity contribution in [2.24, 2.45) is 0 Å². The quantitative estimate of drug-likeness (QED) is 0.478. The Morgan fingerprint density at radius 1 is 1.10 bits per heavy atom. The Labute approximate surface area is 64.0 Å². The second-order valence-electron chi connectivity index (χ2n) is 2.03. The molecule has 0 heteroatoms. The van der Waals surface area contributed by atoms with E-state index in [1.54, 1.807) is 0 Å². The van der Waals surface area contributed by atoms with Crippen molar-refractivity contribution in [3.63, 3.8) is 0 Å². The van der Waals surface area contributed by atoms with Crippen molar-refractivity contribution in [2.75, 3.05) is 0 Å². The molecule has 0 spiro atoms. The molecule has 0 aromatic heterocycles. The normalized spacial score (nSPS) is 14.9. The van der Waals surface area contributed by atoms with Crippen LogP contribution in [-0.2, 0) is 0 Å². The summed E-state index contributed by atoms with van der Waals surface area (Å²) in [4.78, 5) is 0. The zero-order valence-electron chi connectivity index (χ0n) is 7.09. The van der Waals surface area contributed by atoms with E-state index in [2.05, 4.69) is 37.3 Å². The van der Waals surface area contributed by atoms with Gasteiger partial charge in [-0.2, -0.15) is 0 Å². The highest BCUT2D eigenvalue weighted by molar-refractivity contribution is 5.21. The van der Waals surface area contributed by atoms with Crippen molar-refractivity contribution in [1.82, 2.24) is 0 Å². The SMILES string of the molecule is CC.CC1=CC=CC=CC1. The van der Waals surface area contributed by atoms with Gasteiger partial charge in [-0.15, -0.1) is 0 Å². The van der Waals surface area contributed by atoms with E-state index in [0.29, 0.717) is 0 Å². The summed E-state index contributed by atoms with van der Waals surface area (Å²) in [5.74, 6) is 0. The van der Waals surface area contributed by atoms with Gasteiger partial charge in [0.15, 0.2) is 0 Å². The molecule has 0 atom stereocenters. The van der Waals surface area contributed by atoms with Crippen LogP contribution in [0.2, 0.25) is 0 Å².